The number of benzene rings is 1. The van der Waals surface area contributed by atoms with Gasteiger partial charge in [0.15, 0.2) is 0 Å². The highest BCUT2D eigenvalue weighted by molar-refractivity contribution is 8.18. The SMILES string of the molecule is CSC(C)C(=O)NCCN1C(=O)SC(=Cc2ccc(C)cc2)C1=O. The summed E-state index contributed by atoms with van der Waals surface area (Å²) in [5, 5.41) is 2.29. The maximum absolute atomic E-state index is 12.4. The predicted octanol–water partition coefficient (Wildman–Crippen LogP) is 2.90. The van der Waals surface area contributed by atoms with Crippen molar-refractivity contribution in [2.45, 2.75) is 19.1 Å². The molecule has 7 heteroatoms. The average molecular weight is 364 g/mol. The maximum atomic E-state index is 12.4. The average Bonchev–Trinajstić information content (AvgIpc) is 2.83. The summed E-state index contributed by atoms with van der Waals surface area (Å²) in [6, 6.07) is 7.73. The molecule has 1 N–H and O–H groups in total. The smallest absolute Gasteiger partial charge is 0.293 e. The highest BCUT2D eigenvalue weighted by Gasteiger charge is 2.34. The number of hydrogen-bond acceptors (Lipinski definition) is 5. The summed E-state index contributed by atoms with van der Waals surface area (Å²) < 4.78 is 0. The zero-order valence-corrected chi connectivity index (χ0v) is 15.5. The van der Waals surface area contributed by atoms with Crippen LogP contribution in [0, 0.1) is 6.92 Å². The van der Waals surface area contributed by atoms with Gasteiger partial charge in [0.1, 0.15) is 0 Å². The van der Waals surface area contributed by atoms with Gasteiger partial charge in [-0.1, -0.05) is 29.8 Å². The Hall–Kier alpha value is -1.73. The zero-order chi connectivity index (χ0) is 17.7. The normalized spacial score (nSPS) is 17.5. The van der Waals surface area contributed by atoms with Gasteiger partial charge in [-0.3, -0.25) is 19.3 Å². The van der Waals surface area contributed by atoms with Gasteiger partial charge < -0.3 is 5.32 Å². The van der Waals surface area contributed by atoms with Crippen LogP contribution < -0.4 is 5.32 Å². The molecule has 24 heavy (non-hydrogen) atoms. The molecule has 1 unspecified atom stereocenters. The van der Waals surface area contributed by atoms with Gasteiger partial charge in [-0.25, -0.2) is 0 Å². The van der Waals surface area contributed by atoms with Crippen molar-refractivity contribution in [2.75, 3.05) is 19.3 Å². The lowest BCUT2D eigenvalue weighted by atomic mass is 10.1. The van der Waals surface area contributed by atoms with E-state index in [4.69, 9.17) is 0 Å². The number of nitrogens with zero attached hydrogens (tertiary/aromatic N) is 1. The van der Waals surface area contributed by atoms with Crippen LogP contribution in [0.25, 0.3) is 6.08 Å². The summed E-state index contributed by atoms with van der Waals surface area (Å²) in [5.74, 6) is -0.401. The van der Waals surface area contributed by atoms with Crippen LogP contribution in [-0.2, 0) is 9.59 Å². The summed E-state index contributed by atoms with van der Waals surface area (Å²) in [4.78, 5) is 37.7. The zero-order valence-electron chi connectivity index (χ0n) is 13.9. The Morgan fingerprint density at radius 3 is 2.62 bits per heavy atom. The summed E-state index contributed by atoms with van der Waals surface area (Å²) in [5.41, 5.74) is 2.02. The van der Waals surface area contributed by atoms with Crippen molar-refractivity contribution in [1.29, 1.82) is 0 Å². The molecule has 1 aromatic carbocycles. The van der Waals surface area contributed by atoms with Crippen LogP contribution in [0.1, 0.15) is 18.1 Å². The van der Waals surface area contributed by atoms with Crippen LogP contribution in [0.3, 0.4) is 0 Å². The minimum absolute atomic E-state index is 0.0929. The monoisotopic (exact) mass is 364 g/mol. The van der Waals surface area contributed by atoms with E-state index in [1.165, 1.54) is 16.7 Å². The van der Waals surface area contributed by atoms with Gasteiger partial charge in [-0.15, -0.1) is 0 Å². The molecule has 1 aliphatic rings. The lowest BCUT2D eigenvalue weighted by molar-refractivity contribution is -0.124. The molecule has 0 spiro atoms. The number of amides is 3. The molecule has 1 aliphatic heterocycles. The van der Waals surface area contributed by atoms with Crippen molar-refractivity contribution in [3.8, 4) is 0 Å². The van der Waals surface area contributed by atoms with Gasteiger partial charge >= 0.3 is 0 Å². The largest absolute Gasteiger partial charge is 0.353 e. The van der Waals surface area contributed by atoms with Crippen LogP contribution in [0.4, 0.5) is 4.79 Å². The number of rotatable bonds is 6. The van der Waals surface area contributed by atoms with Crippen LogP contribution >= 0.6 is 23.5 Å². The van der Waals surface area contributed by atoms with E-state index >= 15 is 0 Å². The van der Waals surface area contributed by atoms with E-state index in [1.54, 1.807) is 6.08 Å². The Kier molecular flexibility index (Phi) is 6.51. The summed E-state index contributed by atoms with van der Waals surface area (Å²) in [6.07, 6.45) is 3.58. The van der Waals surface area contributed by atoms with E-state index in [-0.39, 0.29) is 35.4 Å². The second-order valence-corrected chi connectivity index (χ2v) is 7.58. The highest BCUT2D eigenvalue weighted by Crippen LogP contribution is 2.31. The van der Waals surface area contributed by atoms with E-state index in [9.17, 15) is 14.4 Å². The fourth-order valence-electron chi connectivity index (χ4n) is 2.05. The van der Waals surface area contributed by atoms with Crippen LogP contribution in [0.15, 0.2) is 29.2 Å². The molecule has 2 rings (SSSR count). The molecular formula is C17H20N2O3S2. The first kappa shape index (κ1) is 18.6. The van der Waals surface area contributed by atoms with Gasteiger partial charge in [0.05, 0.1) is 10.2 Å². The molecule has 1 atom stereocenters. The lowest BCUT2D eigenvalue weighted by Gasteiger charge is -2.14. The number of carbonyl (C=O) groups is 3. The van der Waals surface area contributed by atoms with Crippen molar-refractivity contribution in [3.63, 3.8) is 0 Å². The Balaban J connectivity index is 1.96. The number of aryl methyl sites for hydroxylation is 1. The molecule has 1 fully saturated rings. The summed E-state index contributed by atoms with van der Waals surface area (Å²) in [6.45, 7) is 4.25. The summed E-state index contributed by atoms with van der Waals surface area (Å²) in [7, 11) is 0. The fourth-order valence-corrected chi connectivity index (χ4v) is 3.21. The Morgan fingerprint density at radius 2 is 2.00 bits per heavy atom. The molecule has 1 aromatic rings. The number of carbonyl (C=O) groups excluding carboxylic acids is 3. The van der Waals surface area contributed by atoms with Crippen molar-refractivity contribution in [1.82, 2.24) is 10.2 Å². The molecule has 0 aromatic heterocycles. The molecule has 0 bridgehead atoms. The topological polar surface area (TPSA) is 66.5 Å². The molecule has 3 amide bonds. The third kappa shape index (κ3) is 4.64. The standard InChI is InChI=1S/C17H20N2O3S2/c1-11-4-6-13(7-5-11)10-14-16(21)19(17(22)24-14)9-8-18-15(20)12(2)23-3/h4-7,10,12H,8-9H2,1-3H3,(H,18,20). The quantitative estimate of drug-likeness (QED) is 0.786. The maximum Gasteiger partial charge on any atom is 0.293 e. The first-order chi connectivity index (χ1) is 11.4. The van der Waals surface area contributed by atoms with Gasteiger partial charge in [0, 0.05) is 13.1 Å². The van der Waals surface area contributed by atoms with Gasteiger partial charge in [0.25, 0.3) is 11.1 Å². The molecule has 1 heterocycles. The molecule has 0 radical (unpaired) electrons. The number of hydrogen-bond donors (Lipinski definition) is 1. The third-order valence-electron chi connectivity index (χ3n) is 3.61. The number of imide groups is 1. The molecule has 128 valence electrons. The van der Waals surface area contributed by atoms with Crippen molar-refractivity contribution in [3.05, 3.63) is 40.3 Å². The molecular weight excluding hydrogens is 344 g/mol. The van der Waals surface area contributed by atoms with Crippen LogP contribution in [0.2, 0.25) is 0 Å². The molecule has 0 saturated carbocycles. The Morgan fingerprint density at radius 1 is 1.33 bits per heavy atom. The Bertz CT molecular complexity index is 671. The number of nitrogens with one attached hydrogen (secondary N) is 1. The van der Waals surface area contributed by atoms with Crippen molar-refractivity contribution in [2.24, 2.45) is 0 Å². The predicted molar refractivity (Wildman–Crippen MR) is 99.8 cm³/mol. The molecule has 1 saturated heterocycles. The van der Waals surface area contributed by atoms with E-state index in [1.807, 2.05) is 44.4 Å². The molecule has 5 nitrogen and oxygen atoms in total. The second kappa shape index (κ2) is 8.39. The van der Waals surface area contributed by atoms with E-state index in [0.717, 1.165) is 22.9 Å². The van der Waals surface area contributed by atoms with Gasteiger partial charge in [-0.05, 0) is 43.5 Å². The van der Waals surface area contributed by atoms with Crippen LogP contribution in [-0.4, -0.2) is 46.5 Å². The fraction of sp³-hybridized carbons (Fsp3) is 0.353. The first-order valence-corrected chi connectivity index (χ1v) is 9.65. The third-order valence-corrected chi connectivity index (χ3v) is 5.43. The van der Waals surface area contributed by atoms with Crippen molar-refractivity contribution < 1.29 is 14.4 Å². The Labute approximate surface area is 150 Å². The highest BCUT2D eigenvalue weighted by atomic mass is 32.2. The van der Waals surface area contributed by atoms with Crippen LogP contribution in [0.5, 0.6) is 0 Å². The summed E-state index contributed by atoms with van der Waals surface area (Å²) >= 11 is 2.38. The minimum Gasteiger partial charge on any atom is -0.353 e. The van der Waals surface area contributed by atoms with E-state index in [0.29, 0.717) is 4.91 Å². The first-order valence-electron chi connectivity index (χ1n) is 7.55. The lowest BCUT2D eigenvalue weighted by Crippen LogP contribution is -2.39. The van der Waals surface area contributed by atoms with E-state index in [2.05, 4.69) is 5.32 Å². The molecule has 0 aliphatic carbocycles. The number of thioether (sulfide) groups is 2. The minimum atomic E-state index is -0.308. The van der Waals surface area contributed by atoms with Crippen molar-refractivity contribution >= 4 is 46.7 Å². The second-order valence-electron chi connectivity index (χ2n) is 5.41. The van der Waals surface area contributed by atoms with Gasteiger partial charge in [0.2, 0.25) is 5.91 Å². The van der Waals surface area contributed by atoms with Gasteiger partial charge in [-0.2, -0.15) is 11.8 Å². The van der Waals surface area contributed by atoms with E-state index < -0.39 is 0 Å².